The number of ether oxygens (including phenoxy) is 1. The molecule has 1 aromatic carbocycles. The number of nitriles is 2. The van der Waals surface area contributed by atoms with Crippen LogP contribution in [0.1, 0.15) is 5.56 Å². The van der Waals surface area contributed by atoms with Gasteiger partial charge >= 0.3 is 0 Å². The average Bonchev–Trinajstić information content (AvgIpc) is 2.29. The van der Waals surface area contributed by atoms with Crippen molar-refractivity contribution in [1.82, 2.24) is 0 Å². The van der Waals surface area contributed by atoms with Crippen LogP contribution < -0.4 is 4.74 Å². The van der Waals surface area contributed by atoms with Crippen LogP contribution in [0, 0.1) is 28.5 Å². The van der Waals surface area contributed by atoms with E-state index in [1.54, 1.807) is 12.1 Å². The average molecular weight is 281 g/mol. The third-order valence-corrected chi connectivity index (χ3v) is 2.43. The minimum absolute atomic E-state index is 0.157. The molecule has 0 unspecified atom stereocenters. The Bertz CT molecular complexity index is 510. The normalized spacial score (nSPS) is 8.81. The summed E-state index contributed by atoms with van der Waals surface area (Å²) in [5.41, 5.74) is 0.00161. The van der Waals surface area contributed by atoms with E-state index < -0.39 is 5.82 Å². The van der Waals surface area contributed by atoms with Gasteiger partial charge < -0.3 is 4.74 Å². The summed E-state index contributed by atoms with van der Waals surface area (Å²) in [5.74, 6) is -0.201. The first-order chi connectivity index (χ1) is 7.62. The van der Waals surface area contributed by atoms with Gasteiger partial charge in [0, 0.05) is 11.6 Å². The lowest BCUT2D eigenvalue weighted by atomic mass is 10.1. The molecule has 1 rings (SSSR count). The van der Waals surface area contributed by atoms with Gasteiger partial charge in [-0.25, -0.2) is 4.39 Å². The van der Waals surface area contributed by atoms with Gasteiger partial charge in [-0.3, -0.25) is 0 Å². The molecule has 1 aromatic rings. The lowest BCUT2D eigenvalue weighted by molar-refractivity contribution is 0.408. The van der Waals surface area contributed by atoms with Crippen LogP contribution in [0.4, 0.5) is 4.39 Å². The van der Waals surface area contributed by atoms with Crippen LogP contribution in [0.2, 0.25) is 0 Å². The van der Waals surface area contributed by atoms with Crippen molar-refractivity contribution in [2.45, 2.75) is 0 Å². The highest BCUT2D eigenvalue weighted by atomic mass is 79.9. The standard InChI is InChI=1S/C11H6BrFN2O/c1-16-11-4-10(13)8(3-9(11)12)2-7(5-14)6-15/h2-4H,1H3. The van der Waals surface area contributed by atoms with Crippen molar-refractivity contribution in [2.75, 3.05) is 7.11 Å². The molecule has 0 fully saturated rings. The highest BCUT2D eigenvalue weighted by molar-refractivity contribution is 9.10. The fraction of sp³-hybridized carbons (Fsp3) is 0.0909. The van der Waals surface area contributed by atoms with Crippen molar-refractivity contribution in [3.8, 4) is 17.9 Å². The van der Waals surface area contributed by atoms with Crippen LogP contribution in [0.3, 0.4) is 0 Å². The van der Waals surface area contributed by atoms with E-state index in [1.807, 2.05) is 0 Å². The molecule has 0 aliphatic heterocycles. The number of allylic oxidation sites excluding steroid dienone is 1. The second-order valence-electron chi connectivity index (χ2n) is 2.79. The van der Waals surface area contributed by atoms with E-state index in [-0.39, 0.29) is 11.1 Å². The predicted octanol–water partition coefficient (Wildman–Crippen LogP) is 3.03. The van der Waals surface area contributed by atoms with Crippen LogP contribution >= 0.6 is 15.9 Å². The smallest absolute Gasteiger partial charge is 0.135 e. The Balaban J connectivity index is 3.29. The molecule has 3 nitrogen and oxygen atoms in total. The van der Waals surface area contributed by atoms with E-state index in [0.29, 0.717) is 10.2 Å². The van der Waals surface area contributed by atoms with Gasteiger partial charge in [0.05, 0.1) is 11.6 Å². The predicted molar refractivity (Wildman–Crippen MR) is 59.9 cm³/mol. The number of halogens is 2. The van der Waals surface area contributed by atoms with Crippen molar-refractivity contribution in [1.29, 1.82) is 10.5 Å². The van der Waals surface area contributed by atoms with Gasteiger partial charge in [0.25, 0.3) is 0 Å². The molecule has 80 valence electrons. The summed E-state index contributed by atoms with van der Waals surface area (Å²) in [6, 6.07) is 5.95. The largest absolute Gasteiger partial charge is 0.495 e. The van der Waals surface area contributed by atoms with Crippen LogP contribution in [0.5, 0.6) is 5.75 Å². The first-order valence-electron chi connectivity index (χ1n) is 4.17. The SMILES string of the molecule is COc1cc(F)c(C=C(C#N)C#N)cc1Br. The van der Waals surface area contributed by atoms with Gasteiger partial charge in [0.2, 0.25) is 0 Å². The van der Waals surface area contributed by atoms with Gasteiger partial charge in [0.1, 0.15) is 29.3 Å². The fourth-order valence-corrected chi connectivity index (χ4v) is 1.58. The molecule has 0 aliphatic carbocycles. The zero-order valence-corrected chi connectivity index (χ0v) is 9.88. The molecule has 0 saturated carbocycles. The van der Waals surface area contributed by atoms with E-state index in [0.717, 1.165) is 0 Å². The van der Waals surface area contributed by atoms with Gasteiger partial charge in [-0.15, -0.1) is 0 Å². The Kier molecular flexibility index (Phi) is 4.04. The van der Waals surface area contributed by atoms with Crippen molar-refractivity contribution >= 4 is 22.0 Å². The number of benzene rings is 1. The molecule has 0 aliphatic rings. The zero-order valence-electron chi connectivity index (χ0n) is 8.29. The summed E-state index contributed by atoms with van der Waals surface area (Å²) in [6.45, 7) is 0. The number of nitrogens with zero attached hydrogens (tertiary/aromatic N) is 2. The van der Waals surface area contributed by atoms with Crippen molar-refractivity contribution in [3.05, 3.63) is 33.6 Å². The van der Waals surface area contributed by atoms with Crippen LogP contribution in [0.25, 0.3) is 6.08 Å². The van der Waals surface area contributed by atoms with E-state index in [4.69, 9.17) is 15.3 Å². The van der Waals surface area contributed by atoms with Gasteiger partial charge in [-0.05, 0) is 28.1 Å². The summed E-state index contributed by atoms with van der Waals surface area (Å²) in [4.78, 5) is 0. The first kappa shape index (κ1) is 12.2. The molecule has 5 heteroatoms. The highest BCUT2D eigenvalue weighted by Crippen LogP contribution is 2.28. The summed E-state index contributed by atoms with van der Waals surface area (Å²) in [7, 11) is 1.42. The first-order valence-corrected chi connectivity index (χ1v) is 4.96. The molecular weight excluding hydrogens is 275 g/mol. The minimum Gasteiger partial charge on any atom is -0.495 e. The maximum absolute atomic E-state index is 13.5. The maximum atomic E-state index is 13.5. The minimum atomic E-state index is -0.553. The number of rotatable bonds is 2. The van der Waals surface area contributed by atoms with E-state index in [1.165, 1.54) is 25.3 Å². The lowest BCUT2D eigenvalue weighted by Gasteiger charge is -2.05. The second-order valence-corrected chi connectivity index (χ2v) is 3.64. The molecule has 0 saturated heterocycles. The van der Waals surface area contributed by atoms with Crippen molar-refractivity contribution in [3.63, 3.8) is 0 Å². The summed E-state index contributed by atoms with van der Waals surface area (Å²) in [5, 5.41) is 17.1. The zero-order chi connectivity index (χ0) is 12.1. The summed E-state index contributed by atoms with van der Waals surface area (Å²) in [6.07, 6.45) is 1.18. The number of hydrogen-bond acceptors (Lipinski definition) is 3. The monoisotopic (exact) mass is 280 g/mol. The van der Waals surface area contributed by atoms with Crippen molar-refractivity contribution in [2.24, 2.45) is 0 Å². The molecular formula is C11H6BrFN2O. The lowest BCUT2D eigenvalue weighted by Crippen LogP contribution is -1.89. The molecule has 16 heavy (non-hydrogen) atoms. The summed E-state index contributed by atoms with van der Waals surface area (Å²) >= 11 is 3.19. The van der Waals surface area contributed by atoms with Crippen molar-refractivity contribution < 1.29 is 9.13 Å². The van der Waals surface area contributed by atoms with Gasteiger partial charge in [0.15, 0.2) is 0 Å². The quantitative estimate of drug-likeness (QED) is 0.783. The van der Waals surface area contributed by atoms with Gasteiger partial charge in [-0.1, -0.05) is 0 Å². The Morgan fingerprint density at radius 1 is 1.44 bits per heavy atom. The fourth-order valence-electron chi connectivity index (χ4n) is 1.06. The Labute approximate surface area is 100 Å². The molecule has 0 atom stereocenters. The molecule has 0 heterocycles. The van der Waals surface area contributed by atoms with E-state index in [2.05, 4.69) is 15.9 Å². The molecule has 0 N–H and O–H groups in total. The van der Waals surface area contributed by atoms with E-state index in [9.17, 15) is 4.39 Å². The Hall–Kier alpha value is -1.85. The van der Waals surface area contributed by atoms with Gasteiger partial charge in [-0.2, -0.15) is 10.5 Å². The molecule has 0 amide bonds. The molecule has 0 radical (unpaired) electrons. The van der Waals surface area contributed by atoms with E-state index >= 15 is 0 Å². The van der Waals surface area contributed by atoms with Crippen LogP contribution in [-0.2, 0) is 0 Å². The highest BCUT2D eigenvalue weighted by Gasteiger charge is 2.07. The number of hydrogen-bond donors (Lipinski definition) is 0. The summed E-state index contributed by atoms with van der Waals surface area (Å²) < 4.78 is 18.9. The Morgan fingerprint density at radius 2 is 2.06 bits per heavy atom. The number of methoxy groups -OCH3 is 1. The molecule has 0 aromatic heterocycles. The molecule has 0 bridgehead atoms. The molecule has 0 spiro atoms. The Morgan fingerprint density at radius 3 is 2.56 bits per heavy atom. The third kappa shape index (κ3) is 2.59. The van der Waals surface area contributed by atoms with Crippen LogP contribution in [-0.4, -0.2) is 7.11 Å². The maximum Gasteiger partial charge on any atom is 0.135 e. The second kappa shape index (κ2) is 5.29. The van der Waals surface area contributed by atoms with Crippen LogP contribution in [0.15, 0.2) is 22.2 Å². The third-order valence-electron chi connectivity index (χ3n) is 1.81. The topological polar surface area (TPSA) is 56.8 Å².